The van der Waals surface area contributed by atoms with Gasteiger partial charge in [-0.15, -0.1) is 0 Å². The Labute approximate surface area is 175 Å². The van der Waals surface area contributed by atoms with E-state index in [2.05, 4.69) is 15.6 Å². The van der Waals surface area contributed by atoms with Crippen LogP contribution in [-0.4, -0.2) is 22.0 Å². The van der Waals surface area contributed by atoms with Crippen molar-refractivity contribution < 1.29 is 9.47 Å². The topological polar surface area (TPSA) is 64.1 Å². The summed E-state index contributed by atoms with van der Waals surface area (Å²) in [6.45, 7) is 0.724. The largest absolute Gasteiger partial charge is 0.493 e. The smallest absolute Gasteiger partial charge is 0.214 e. The summed E-state index contributed by atoms with van der Waals surface area (Å²) in [6, 6.07) is 8.84. The van der Waals surface area contributed by atoms with Crippen LogP contribution in [0.5, 0.6) is 11.5 Å². The Morgan fingerprint density at radius 2 is 1.93 bits per heavy atom. The van der Waals surface area contributed by atoms with Crippen molar-refractivity contribution in [3.63, 3.8) is 0 Å². The number of rotatable bonds is 7. The van der Waals surface area contributed by atoms with Crippen LogP contribution < -0.4 is 14.9 Å². The molecule has 6 nitrogen and oxygen atoms in total. The summed E-state index contributed by atoms with van der Waals surface area (Å²) in [7, 11) is 1.57. The van der Waals surface area contributed by atoms with Gasteiger partial charge in [0.05, 0.1) is 23.7 Å². The molecule has 1 aromatic heterocycles. The number of nitrogens with one attached hydrogen (secondary N) is 2. The lowest BCUT2D eigenvalue weighted by Gasteiger charge is -2.15. The molecule has 2 aromatic carbocycles. The molecule has 3 aromatic rings. The van der Waals surface area contributed by atoms with E-state index in [0.29, 0.717) is 44.5 Å². The van der Waals surface area contributed by atoms with E-state index in [1.54, 1.807) is 36.3 Å². The van der Waals surface area contributed by atoms with Crippen LogP contribution in [0, 0.1) is 4.77 Å². The lowest BCUT2D eigenvalue weighted by molar-refractivity contribution is 0.284. The van der Waals surface area contributed by atoms with Gasteiger partial charge in [-0.2, -0.15) is 5.10 Å². The van der Waals surface area contributed by atoms with Gasteiger partial charge in [0.15, 0.2) is 11.5 Å². The van der Waals surface area contributed by atoms with E-state index in [-0.39, 0.29) is 0 Å². The van der Waals surface area contributed by atoms with Gasteiger partial charge in [0.25, 0.3) is 0 Å². The van der Waals surface area contributed by atoms with Gasteiger partial charge < -0.3 is 14.9 Å². The second kappa shape index (κ2) is 8.84. The highest BCUT2D eigenvalue weighted by molar-refractivity contribution is 7.71. The number of halogens is 3. The molecule has 0 bridgehead atoms. The minimum absolute atomic E-state index is 0.297. The molecule has 3 rings (SSSR count). The number of hydrogen-bond acceptors (Lipinski definition) is 5. The molecule has 0 amide bonds. The summed E-state index contributed by atoms with van der Waals surface area (Å²) in [5, 5.41) is 8.01. The highest BCUT2D eigenvalue weighted by atomic mass is 35.5. The second-order valence-corrected chi connectivity index (χ2v) is 7.11. The van der Waals surface area contributed by atoms with Crippen LogP contribution in [0.3, 0.4) is 0 Å². The maximum Gasteiger partial charge on any atom is 0.214 e. The zero-order chi connectivity index (χ0) is 19.4. The summed E-state index contributed by atoms with van der Waals surface area (Å²) in [4.78, 5) is 0. The number of ether oxygens (including phenoxy) is 2. The maximum atomic E-state index is 6.39. The predicted octanol–water partition coefficient (Wildman–Crippen LogP) is 5.23. The molecule has 27 heavy (non-hydrogen) atoms. The van der Waals surface area contributed by atoms with Gasteiger partial charge in [-0.05, 0) is 41.5 Å². The first-order chi connectivity index (χ1) is 13.0. The Kier molecular flexibility index (Phi) is 6.49. The van der Waals surface area contributed by atoms with Gasteiger partial charge in [0, 0.05) is 11.1 Å². The molecule has 0 saturated heterocycles. The zero-order valence-corrected chi connectivity index (χ0v) is 17.2. The number of methoxy groups -OCH3 is 1. The Morgan fingerprint density at radius 3 is 2.59 bits per heavy atom. The molecule has 0 saturated carbocycles. The minimum atomic E-state index is 0.297. The Bertz CT molecular complexity index is 1010. The number of nitrogens with zero attached hydrogens (tertiary/aromatic N) is 2. The van der Waals surface area contributed by atoms with E-state index in [0.717, 1.165) is 11.1 Å². The number of hydrogen-bond donors (Lipinski definition) is 2. The van der Waals surface area contributed by atoms with E-state index < -0.39 is 0 Å². The summed E-state index contributed by atoms with van der Waals surface area (Å²) in [6.07, 6.45) is 1.54. The van der Waals surface area contributed by atoms with Gasteiger partial charge in [0.1, 0.15) is 12.9 Å². The van der Waals surface area contributed by atoms with Gasteiger partial charge >= 0.3 is 0 Å². The third-order valence-electron chi connectivity index (χ3n) is 3.70. The number of H-pyrrole nitrogens is 1. The van der Waals surface area contributed by atoms with Gasteiger partial charge in [-0.3, -0.25) is 5.10 Å². The first kappa shape index (κ1) is 19.8. The Morgan fingerprint density at radius 1 is 1.11 bits per heavy atom. The van der Waals surface area contributed by atoms with Crippen molar-refractivity contribution in [2.75, 3.05) is 12.5 Å². The van der Waals surface area contributed by atoms with Crippen LogP contribution in [0.4, 0.5) is 0 Å². The molecule has 0 aliphatic rings. The SMILES string of the molecule is COc1cc(CNn2cn[nH]c2=S)c(Cl)cc1OCc1ccc(Cl)c(Cl)c1. The minimum Gasteiger partial charge on any atom is -0.493 e. The van der Waals surface area contributed by atoms with Gasteiger partial charge in [-0.25, -0.2) is 4.68 Å². The van der Waals surface area contributed by atoms with Crippen LogP contribution in [0.25, 0.3) is 0 Å². The van der Waals surface area contributed by atoms with Gasteiger partial charge in [-0.1, -0.05) is 40.9 Å². The molecule has 0 aliphatic heterocycles. The molecule has 1 heterocycles. The first-order valence-electron chi connectivity index (χ1n) is 7.77. The van der Waals surface area contributed by atoms with Crippen molar-refractivity contribution in [1.82, 2.24) is 14.9 Å². The molecule has 10 heteroatoms. The van der Waals surface area contributed by atoms with Crippen LogP contribution in [0.15, 0.2) is 36.7 Å². The summed E-state index contributed by atoms with van der Waals surface area (Å²) in [5.41, 5.74) is 4.80. The number of benzene rings is 2. The summed E-state index contributed by atoms with van der Waals surface area (Å²) in [5.74, 6) is 1.09. The fourth-order valence-electron chi connectivity index (χ4n) is 2.31. The van der Waals surface area contributed by atoms with Gasteiger partial charge in [0.2, 0.25) is 4.77 Å². The standard InChI is InChI=1S/C17H15Cl3N4O2S/c1-25-15-5-11(7-22-24-9-21-23-17(24)27)13(19)6-16(15)26-8-10-2-3-12(18)14(20)4-10/h2-6,9,22H,7-8H2,1H3,(H,23,27). The number of aromatic nitrogens is 3. The van der Waals surface area contributed by atoms with Crippen molar-refractivity contribution in [2.24, 2.45) is 0 Å². The third kappa shape index (κ3) is 4.87. The normalized spacial score (nSPS) is 10.7. The van der Waals surface area contributed by atoms with Crippen LogP contribution in [-0.2, 0) is 13.2 Å². The molecule has 0 aliphatic carbocycles. The van der Waals surface area contributed by atoms with Crippen molar-refractivity contribution in [1.29, 1.82) is 0 Å². The molecule has 0 unspecified atom stereocenters. The third-order valence-corrected chi connectivity index (χ3v) is 5.08. The Balaban J connectivity index is 1.74. The average Bonchev–Trinajstić information content (AvgIpc) is 3.06. The molecular weight excluding hydrogens is 431 g/mol. The van der Waals surface area contributed by atoms with Crippen molar-refractivity contribution in [2.45, 2.75) is 13.2 Å². The highest BCUT2D eigenvalue weighted by Crippen LogP contribution is 2.34. The quantitative estimate of drug-likeness (QED) is 0.487. The van der Waals surface area contributed by atoms with E-state index in [9.17, 15) is 0 Å². The lowest BCUT2D eigenvalue weighted by Crippen LogP contribution is -2.13. The van der Waals surface area contributed by atoms with Crippen LogP contribution in [0.2, 0.25) is 15.1 Å². The predicted molar refractivity (Wildman–Crippen MR) is 109 cm³/mol. The fraction of sp³-hybridized carbons (Fsp3) is 0.176. The summed E-state index contributed by atoms with van der Waals surface area (Å²) >= 11 is 23.4. The molecule has 0 spiro atoms. The summed E-state index contributed by atoms with van der Waals surface area (Å²) < 4.78 is 13.3. The van der Waals surface area contributed by atoms with E-state index >= 15 is 0 Å². The van der Waals surface area contributed by atoms with Crippen molar-refractivity contribution >= 4 is 47.0 Å². The molecule has 0 fully saturated rings. The molecule has 0 atom stereocenters. The average molecular weight is 446 g/mol. The van der Waals surface area contributed by atoms with Crippen LogP contribution >= 0.6 is 47.0 Å². The van der Waals surface area contributed by atoms with E-state index in [1.165, 1.54) is 0 Å². The van der Waals surface area contributed by atoms with E-state index in [4.69, 9.17) is 56.5 Å². The van der Waals surface area contributed by atoms with E-state index in [1.807, 2.05) is 12.1 Å². The van der Waals surface area contributed by atoms with Crippen molar-refractivity contribution in [3.8, 4) is 11.5 Å². The fourth-order valence-corrected chi connectivity index (χ4v) is 3.01. The first-order valence-corrected chi connectivity index (χ1v) is 9.31. The zero-order valence-electron chi connectivity index (χ0n) is 14.1. The Hall–Kier alpha value is -1.93. The monoisotopic (exact) mass is 444 g/mol. The molecule has 0 radical (unpaired) electrons. The van der Waals surface area contributed by atoms with Crippen molar-refractivity contribution in [3.05, 3.63) is 67.6 Å². The molecular formula is C17H15Cl3N4O2S. The van der Waals surface area contributed by atoms with Crippen LogP contribution in [0.1, 0.15) is 11.1 Å². The molecule has 2 N–H and O–H groups in total. The lowest BCUT2D eigenvalue weighted by atomic mass is 10.2. The maximum absolute atomic E-state index is 6.39. The molecule has 142 valence electrons. The number of aromatic amines is 1. The highest BCUT2D eigenvalue weighted by Gasteiger charge is 2.12. The second-order valence-electron chi connectivity index (χ2n) is 5.50.